The zero-order chi connectivity index (χ0) is 19.8. The molecule has 0 aliphatic carbocycles. The number of carbonyl (C=O) groups is 1. The van der Waals surface area contributed by atoms with Gasteiger partial charge in [0.15, 0.2) is 0 Å². The van der Waals surface area contributed by atoms with Crippen LogP contribution in [0.15, 0.2) is 83.0 Å². The molecule has 3 aromatic carbocycles. The second kappa shape index (κ2) is 9.14. The van der Waals surface area contributed by atoms with Crippen molar-refractivity contribution in [1.82, 2.24) is 5.32 Å². The van der Waals surface area contributed by atoms with E-state index >= 15 is 0 Å². The molecule has 0 atom stereocenters. The lowest BCUT2D eigenvalue weighted by molar-refractivity contribution is 0.0951. The molecule has 0 saturated heterocycles. The Labute approximate surface area is 163 Å². The molecule has 0 saturated carbocycles. The van der Waals surface area contributed by atoms with Crippen molar-refractivity contribution in [1.29, 1.82) is 0 Å². The Morgan fingerprint density at radius 3 is 2.00 bits per heavy atom. The van der Waals surface area contributed by atoms with E-state index in [-0.39, 0.29) is 5.91 Å². The minimum atomic E-state index is -0.138. The molecule has 0 bridgehead atoms. The van der Waals surface area contributed by atoms with Crippen LogP contribution in [0.1, 0.15) is 27.0 Å². The van der Waals surface area contributed by atoms with Crippen LogP contribution in [0.25, 0.3) is 11.1 Å². The van der Waals surface area contributed by atoms with Gasteiger partial charge in [-0.1, -0.05) is 60.7 Å². The van der Waals surface area contributed by atoms with Crippen molar-refractivity contribution < 1.29 is 4.79 Å². The molecule has 28 heavy (non-hydrogen) atoms. The Balaban J connectivity index is 1.73. The van der Waals surface area contributed by atoms with Gasteiger partial charge in [0.1, 0.15) is 0 Å². The number of carbonyl (C=O) groups excluding carboxylic acids is 1. The molecular formula is C22H21N5O. The van der Waals surface area contributed by atoms with Gasteiger partial charge in [0, 0.05) is 12.1 Å². The maximum absolute atomic E-state index is 12.5. The molecule has 0 spiro atoms. The largest absolute Gasteiger partial charge is 0.348 e. The van der Waals surface area contributed by atoms with Gasteiger partial charge >= 0.3 is 0 Å². The molecule has 0 radical (unpaired) electrons. The normalized spacial score (nSPS) is 11.1. The van der Waals surface area contributed by atoms with Gasteiger partial charge in [-0.25, -0.2) is 0 Å². The van der Waals surface area contributed by atoms with E-state index in [0.29, 0.717) is 12.1 Å². The van der Waals surface area contributed by atoms with Crippen LogP contribution < -0.4 is 17.0 Å². The summed E-state index contributed by atoms with van der Waals surface area (Å²) >= 11 is 0. The lowest BCUT2D eigenvalue weighted by Gasteiger charge is -2.11. The van der Waals surface area contributed by atoms with E-state index in [1.54, 1.807) is 30.5 Å². The number of benzene rings is 3. The molecule has 6 heteroatoms. The average Bonchev–Trinajstić information content (AvgIpc) is 2.74. The van der Waals surface area contributed by atoms with Crippen molar-refractivity contribution in [2.24, 2.45) is 21.9 Å². The number of hydrogen-bond donors (Lipinski definition) is 3. The maximum Gasteiger partial charge on any atom is 0.251 e. The summed E-state index contributed by atoms with van der Waals surface area (Å²) in [5.41, 5.74) is 5.51. The van der Waals surface area contributed by atoms with E-state index < -0.39 is 0 Å². The van der Waals surface area contributed by atoms with Gasteiger partial charge in [-0.3, -0.25) is 4.79 Å². The van der Waals surface area contributed by atoms with Crippen molar-refractivity contribution in [3.63, 3.8) is 0 Å². The second-order valence-electron chi connectivity index (χ2n) is 6.14. The van der Waals surface area contributed by atoms with Crippen LogP contribution in [0.5, 0.6) is 0 Å². The molecule has 0 heterocycles. The Bertz CT molecular complexity index is 992. The summed E-state index contributed by atoms with van der Waals surface area (Å²) in [5.74, 6) is 10.2. The highest BCUT2D eigenvalue weighted by Crippen LogP contribution is 2.24. The molecule has 0 aliphatic rings. The summed E-state index contributed by atoms with van der Waals surface area (Å²) in [5, 5.41) is 9.98. The first-order valence-electron chi connectivity index (χ1n) is 8.74. The van der Waals surface area contributed by atoms with E-state index in [1.165, 1.54) is 6.21 Å². The quantitative estimate of drug-likeness (QED) is 0.352. The van der Waals surface area contributed by atoms with Crippen molar-refractivity contribution in [3.05, 3.63) is 95.1 Å². The number of nitrogens with two attached hydrogens (primary N) is 2. The fraction of sp³-hybridized carbons (Fsp3) is 0.0455. The summed E-state index contributed by atoms with van der Waals surface area (Å²) < 4.78 is 0. The highest BCUT2D eigenvalue weighted by Gasteiger charge is 2.08. The summed E-state index contributed by atoms with van der Waals surface area (Å²) in [6.07, 6.45) is 3.13. The third kappa shape index (κ3) is 4.62. The molecular weight excluding hydrogens is 350 g/mol. The van der Waals surface area contributed by atoms with Gasteiger partial charge in [-0.2, -0.15) is 10.2 Å². The molecule has 1 amide bonds. The Morgan fingerprint density at radius 1 is 0.821 bits per heavy atom. The number of hydrazone groups is 2. The van der Waals surface area contributed by atoms with E-state index in [4.69, 9.17) is 11.7 Å². The number of nitrogens with zero attached hydrogens (tertiary/aromatic N) is 2. The first kappa shape index (κ1) is 18.8. The molecule has 6 nitrogen and oxygen atoms in total. The van der Waals surface area contributed by atoms with Crippen molar-refractivity contribution in [2.75, 3.05) is 0 Å². The van der Waals surface area contributed by atoms with Gasteiger partial charge in [-0.05, 0) is 39.9 Å². The van der Waals surface area contributed by atoms with Crippen LogP contribution in [0, 0.1) is 0 Å². The Morgan fingerprint density at radius 2 is 1.39 bits per heavy atom. The van der Waals surface area contributed by atoms with Gasteiger partial charge in [0.25, 0.3) is 5.91 Å². The monoisotopic (exact) mass is 371 g/mol. The molecule has 0 aliphatic heterocycles. The molecule has 0 unspecified atom stereocenters. The molecule has 140 valence electrons. The van der Waals surface area contributed by atoms with E-state index in [2.05, 4.69) is 15.5 Å². The van der Waals surface area contributed by atoms with E-state index in [0.717, 1.165) is 27.8 Å². The maximum atomic E-state index is 12.5. The molecule has 0 aromatic heterocycles. The summed E-state index contributed by atoms with van der Waals surface area (Å²) in [6, 6.07) is 23.0. The SMILES string of the molecule is NN=Cc1ccc(C(=O)NCc2ccccc2-c2ccc(C=NN)cc2)cc1. The zero-order valence-corrected chi connectivity index (χ0v) is 15.2. The second-order valence-corrected chi connectivity index (χ2v) is 6.14. The highest BCUT2D eigenvalue weighted by molar-refractivity contribution is 5.95. The van der Waals surface area contributed by atoms with Crippen LogP contribution in [-0.2, 0) is 6.54 Å². The Kier molecular flexibility index (Phi) is 6.15. The standard InChI is InChI=1S/C22H21N5O/c23-26-13-16-5-9-18(10-6-16)21-4-2-1-3-20(21)15-25-22(28)19-11-7-17(8-12-19)14-27-24/h1-14H,15,23-24H2,(H,25,28). The average molecular weight is 371 g/mol. The van der Waals surface area contributed by atoms with Crippen molar-refractivity contribution >= 4 is 18.3 Å². The predicted molar refractivity (Wildman–Crippen MR) is 113 cm³/mol. The van der Waals surface area contributed by atoms with Crippen LogP contribution in [0.4, 0.5) is 0 Å². The smallest absolute Gasteiger partial charge is 0.251 e. The van der Waals surface area contributed by atoms with Gasteiger partial charge < -0.3 is 17.0 Å². The van der Waals surface area contributed by atoms with Crippen molar-refractivity contribution in [3.8, 4) is 11.1 Å². The summed E-state index contributed by atoms with van der Waals surface area (Å²) in [6.45, 7) is 0.424. The lowest BCUT2D eigenvalue weighted by atomic mass is 9.98. The molecule has 5 N–H and O–H groups in total. The van der Waals surface area contributed by atoms with Gasteiger partial charge in [0.05, 0.1) is 12.4 Å². The third-order valence-electron chi connectivity index (χ3n) is 4.30. The molecule has 3 rings (SSSR count). The van der Waals surface area contributed by atoms with Gasteiger partial charge in [-0.15, -0.1) is 0 Å². The lowest BCUT2D eigenvalue weighted by Crippen LogP contribution is -2.23. The van der Waals surface area contributed by atoms with Crippen LogP contribution >= 0.6 is 0 Å². The number of rotatable bonds is 6. The zero-order valence-electron chi connectivity index (χ0n) is 15.2. The van der Waals surface area contributed by atoms with Crippen LogP contribution in [-0.4, -0.2) is 18.3 Å². The fourth-order valence-corrected chi connectivity index (χ4v) is 2.88. The van der Waals surface area contributed by atoms with E-state index in [1.807, 2.05) is 48.5 Å². The number of nitrogens with one attached hydrogen (secondary N) is 1. The molecule has 0 fully saturated rings. The number of amides is 1. The van der Waals surface area contributed by atoms with Crippen LogP contribution in [0.2, 0.25) is 0 Å². The topological polar surface area (TPSA) is 106 Å². The minimum absolute atomic E-state index is 0.138. The molecule has 3 aromatic rings. The van der Waals surface area contributed by atoms with E-state index in [9.17, 15) is 4.79 Å². The fourth-order valence-electron chi connectivity index (χ4n) is 2.88. The highest BCUT2D eigenvalue weighted by atomic mass is 16.1. The van der Waals surface area contributed by atoms with Crippen LogP contribution in [0.3, 0.4) is 0 Å². The Hall–Kier alpha value is -3.93. The number of hydrogen-bond acceptors (Lipinski definition) is 5. The van der Waals surface area contributed by atoms with Gasteiger partial charge in [0.2, 0.25) is 0 Å². The predicted octanol–water partition coefficient (Wildman–Crippen LogP) is 2.87. The third-order valence-corrected chi connectivity index (χ3v) is 4.30. The summed E-state index contributed by atoms with van der Waals surface area (Å²) in [7, 11) is 0. The first-order valence-corrected chi connectivity index (χ1v) is 8.74. The first-order chi connectivity index (χ1) is 13.7. The minimum Gasteiger partial charge on any atom is -0.348 e. The van der Waals surface area contributed by atoms with Crippen molar-refractivity contribution in [2.45, 2.75) is 6.54 Å². The summed E-state index contributed by atoms with van der Waals surface area (Å²) in [4.78, 5) is 12.5.